The molecule has 0 saturated carbocycles. The van der Waals surface area contributed by atoms with E-state index in [1.165, 1.54) is 0 Å². The number of halogens is 2. The lowest BCUT2D eigenvalue weighted by Gasteiger charge is -2.08. The van der Waals surface area contributed by atoms with Crippen LogP contribution in [0.15, 0.2) is 12.3 Å². The van der Waals surface area contributed by atoms with Gasteiger partial charge >= 0.3 is 0 Å². The molecule has 0 atom stereocenters. The third kappa shape index (κ3) is 5.30. The van der Waals surface area contributed by atoms with E-state index in [0.29, 0.717) is 32.1 Å². The summed E-state index contributed by atoms with van der Waals surface area (Å²) in [5, 5.41) is 2.50. The van der Waals surface area contributed by atoms with Crippen LogP contribution in [-0.2, 0) is 4.74 Å². The number of carbonyl (C=O) groups is 1. The van der Waals surface area contributed by atoms with Crippen LogP contribution < -0.4 is 5.32 Å². The fourth-order valence-electron chi connectivity index (χ4n) is 1.38. The van der Waals surface area contributed by atoms with Crippen LogP contribution in [0.3, 0.4) is 0 Å². The molecule has 1 rings (SSSR count). The molecule has 0 aliphatic carbocycles. The summed E-state index contributed by atoms with van der Waals surface area (Å²) in [7, 11) is 0. The van der Waals surface area contributed by atoms with Crippen LogP contribution in [0.4, 0.5) is 8.78 Å². The molecule has 0 saturated heterocycles. The lowest BCUT2D eigenvalue weighted by molar-refractivity contribution is 0.0920. The van der Waals surface area contributed by atoms with Gasteiger partial charge in [0.25, 0.3) is 5.91 Å². The molecule has 0 unspecified atom stereocenters. The van der Waals surface area contributed by atoms with E-state index < -0.39 is 17.7 Å². The molecule has 1 N–H and O–H groups in total. The molecule has 1 amide bonds. The Morgan fingerprint density at radius 2 is 2.21 bits per heavy atom. The number of hydrogen-bond donors (Lipinski definition) is 1. The normalized spacial score (nSPS) is 10.8. The number of pyridine rings is 1. The average Bonchev–Trinajstić information content (AvgIpc) is 2.36. The maximum atomic E-state index is 13.2. The number of nitrogens with zero attached hydrogens (tertiary/aromatic N) is 1. The lowest BCUT2D eigenvalue weighted by Crippen LogP contribution is -2.26. The molecule has 4 nitrogen and oxygen atoms in total. The second-order valence-corrected chi connectivity index (χ2v) is 4.54. The van der Waals surface area contributed by atoms with Gasteiger partial charge in [0, 0.05) is 26.0 Å². The molecule has 106 valence electrons. The van der Waals surface area contributed by atoms with E-state index in [0.717, 1.165) is 12.3 Å². The monoisotopic (exact) mass is 272 g/mol. The molecule has 0 aliphatic rings. The van der Waals surface area contributed by atoms with Crippen molar-refractivity contribution in [3.63, 3.8) is 0 Å². The number of nitrogens with one attached hydrogen (secondary N) is 1. The van der Waals surface area contributed by atoms with E-state index in [9.17, 15) is 13.6 Å². The fourth-order valence-corrected chi connectivity index (χ4v) is 1.38. The van der Waals surface area contributed by atoms with Gasteiger partial charge in [0.1, 0.15) is 0 Å². The number of amides is 1. The summed E-state index contributed by atoms with van der Waals surface area (Å²) in [5.74, 6) is -2.69. The van der Waals surface area contributed by atoms with Crippen LogP contribution in [0.5, 0.6) is 0 Å². The van der Waals surface area contributed by atoms with Crippen molar-refractivity contribution >= 4 is 5.91 Å². The Kier molecular flexibility index (Phi) is 6.35. The lowest BCUT2D eigenvalue weighted by atomic mass is 10.2. The predicted molar refractivity (Wildman–Crippen MR) is 66.8 cm³/mol. The molecular formula is C13H18F2N2O2. The molecule has 0 fully saturated rings. The predicted octanol–water partition coefficient (Wildman–Crippen LogP) is 2.15. The molecule has 6 heteroatoms. The maximum Gasteiger partial charge on any atom is 0.254 e. The summed E-state index contributed by atoms with van der Waals surface area (Å²) < 4.78 is 31.4. The van der Waals surface area contributed by atoms with Gasteiger partial charge in [-0.2, -0.15) is 4.39 Å². The van der Waals surface area contributed by atoms with Gasteiger partial charge in [-0.3, -0.25) is 4.79 Å². The van der Waals surface area contributed by atoms with Gasteiger partial charge in [-0.15, -0.1) is 0 Å². The highest BCUT2D eigenvalue weighted by Gasteiger charge is 2.15. The second-order valence-electron chi connectivity index (χ2n) is 4.54. The topological polar surface area (TPSA) is 51.2 Å². The van der Waals surface area contributed by atoms with E-state index in [1.54, 1.807) is 0 Å². The van der Waals surface area contributed by atoms with Crippen LogP contribution in [0.2, 0.25) is 0 Å². The van der Waals surface area contributed by atoms with E-state index in [1.807, 2.05) is 13.8 Å². The van der Waals surface area contributed by atoms with Crippen molar-refractivity contribution in [3.05, 3.63) is 29.6 Å². The van der Waals surface area contributed by atoms with Crippen LogP contribution in [-0.4, -0.2) is 30.6 Å². The molecule has 1 aromatic rings. The fraction of sp³-hybridized carbons (Fsp3) is 0.538. The van der Waals surface area contributed by atoms with Crippen LogP contribution in [0.25, 0.3) is 0 Å². The van der Waals surface area contributed by atoms with Crippen molar-refractivity contribution in [1.29, 1.82) is 0 Å². The zero-order valence-corrected chi connectivity index (χ0v) is 11.1. The Morgan fingerprint density at radius 3 is 2.89 bits per heavy atom. The van der Waals surface area contributed by atoms with Crippen molar-refractivity contribution in [2.45, 2.75) is 20.3 Å². The largest absolute Gasteiger partial charge is 0.381 e. The Hall–Kier alpha value is -1.56. The quantitative estimate of drug-likeness (QED) is 0.611. The molecule has 0 aromatic carbocycles. The minimum absolute atomic E-state index is 0.337. The van der Waals surface area contributed by atoms with Gasteiger partial charge in [-0.1, -0.05) is 13.8 Å². The first-order valence-electron chi connectivity index (χ1n) is 6.18. The van der Waals surface area contributed by atoms with Crippen molar-refractivity contribution in [1.82, 2.24) is 10.3 Å². The average molecular weight is 272 g/mol. The molecule has 1 aromatic heterocycles. The third-order valence-electron chi connectivity index (χ3n) is 2.29. The number of ether oxygens (including phenoxy) is 1. The number of rotatable bonds is 7. The van der Waals surface area contributed by atoms with Crippen molar-refractivity contribution in [2.75, 3.05) is 19.8 Å². The molecule has 0 aliphatic heterocycles. The Balaban J connectivity index is 2.30. The van der Waals surface area contributed by atoms with Gasteiger partial charge in [0.15, 0.2) is 5.82 Å². The summed E-state index contributed by atoms with van der Waals surface area (Å²) in [6.45, 7) is 5.62. The van der Waals surface area contributed by atoms with E-state index in [4.69, 9.17) is 4.74 Å². The first-order valence-corrected chi connectivity index (χ1v) is 6.18. The van der Waals surface area contributed by atoms with Gasteiger partial charge in [0.2, 0.25) is 5.95 Å². The number of aromatic nitrogens is 1. The first kappa shape index (κ1) is 15.5. The molecule has 1 heterocycles. The highest BCUT2D eigenvalue weighted by molar-refractivity contribution is 5.94. The smallest absolute Gasteiger partial charge is 0.254 e. The van der Waals surface area contributed by atoms with Crippen LogP contribution in [0.1, 0.15) is 30.6 Å². The van der Waals surface area contributed by atoms with Crippen LogP contribution in [0, 0.1) is 17.7 Å². The molecule has 0 bridgehead atoms. The zero-order valence-electron chi connectivity index (χ0n) is 11.1. The SMILES string of the molecule is CC(C)COCCCNC(=O)c1ccnc(F)c1F. The molecule has 0 radical (unpaired) electrons. The Labute approximate surface area is 111 Å². The molecular weight excluding hydrogens is 254 g/mol. The van der Waals surface area contributed by atoms with Crippen LogP contribution >= 0.6 is 0 Å². The van der Waals surface area contributed by atoms with Gasteiger partial charge in [-0.25, -0.2) is 9.37 Å². The Bertz CT molecular complexity index is 425. The van der Waals surface area contributed by atoms with Crippen molar-refractivity contribution < 1.29 is 18.3 Å². The number of hydrogen-bond acceptors (Lipinski definition) is 3. The van der Waals surface area contributed by atoms with E-state index in [-0.39, 0.29) is 5.56 Å². The molecule has 0 spiro atoms. The Morgan fingerprint density at radius 1 is 1.47 bits per heavy atom. The minimum Gasteiger partial charge on any atom is -0.381 e. The summed E-state index contributed by atoms with van der Waals surface area (Å²) in [4.78, 5) is 14.7. The van der Waals surface area contributed by atoms with E-state index in [2.05, 4.69) is 10.3 Å². The van der Waals surface area contributed by atoms with Gasteiger partial charge in [-0.05, 0) is 18.4 Å². The standard InChI is InChI=1S/C13H18F2N2O2/c1-9(2)8-19-7-3-5-17-13(18)10-4-6-16-12(15)11(10)14/h4,6,9H,3,5,7-8H2,1-2H3,(H,17,18). The second kappa shape index (κ2) is 7.78. The van der Waals surface area contributed by atoms with Crippen molar-refractivity contribution in [2.24, 2.45) is 5.92 Å². The minimum atomic E-state index is -1.27. The van der Waals surface area contributed by atoms with Gasteiger partial charge in [0.05, 0.1) is 5.56 Å². The zero-order chi connectivity index (χ0) is 14.3. The highest BCUT2D eigenvalue weighted by Crippen LogP contribution is 2.08. The van der Waals surface area contributed by atoms with Crippen molar-refractivity contribution in [3.8, 4) is 0 Å². The summed E-state index contributed by atoms with van der Waals surface area (Å²) in [6.07, 6.45) is 1.67. The number of carbonyl (C=O) groups excluding carboxylic acids is 1. The third-order valence-corrected chi connectivity index (χ3v) is 2.29. The summed E-state index contributed by atoms with van der Waals surface area (Å²) in [6, 6.07) is 1.14. The summed E-state index contributed by atoms with van der Waals surface area (Å²) in [5.41, 5.74) is -0.337. The van der Waals surface area contributed by atoms with E-state index >= 15 is 0 Å². The van der Waals surface area contributed by atoms with Gasteiger partial charge < -0.3 is 10.1 Å². The summed E-state index contributed by atoms with van der Waals surface area (Å²) >= 11 is 0. The first-order chi connectivity index (χ1) is 9.02. The molecule has 19 heavy (non-hydrogen) atoms. The maximum absolute atomic E-state index is 13.2. The highest BCUT2D eigenvalue weighted by atomic mass is 19.2.